The summed E-state index contributed by atoms with van der Waals surface area (Å²) in [4.78, 5) is 37.2. The number of hydrogen-bond donors (Lipinski definition) is 4. The van der Waals surface area contributed by atoms with Gasteiger partial charge in [-0.05, 0) is 84.3 Å². The van der Waals surface area contributed by atoms with Crippen molar-refractivity contribution in [3.8, 4) is 40.0 Å². The summed E-state index contributed by atoms with van der Waals surface area (Å²) in [6, 6.07) is 28.7. The van der Waals surface area contributed by atoms with Crippen LogP contribution in [0, 0.1) is 0 Å². The maximum absolute atomic E-state index is 14.3. The number of carbonyl (C=O) groups excluding carboxylic acids is 2. The number of aryl methyl sites for hydroxylation is 1. The van der Waals surface area contributed by atoms with Crippen LogP contribution in [0.1, 0.15) is 63.5 Å². The Labute approximate surface area is 384 Å². The zero-order valence-corrected chi connectivity index (χ0v) is 36.7. The zero-order valence-electron chi connectivity index (χ0n) is 36.0. The first-order chi connectivity index (χ1) is 32.0. The van der Waals surface area contributed by atoms with Gasteiger partial charge in [0, 0.05) is 57.8 Å². The Kier molecular flexibility index (Phi) is 16.1. The molecule has 0 atom stereocenters. The lowest BCUT2D eigenvalue weighted by Crippen LogP contribution is -2.15. The topological polar surface area (TPSA) is 204 Å². The summed E-state index contributed by atoms with van der Waals surface area (Å²) in [5.41, 5.74) is 5.80. The van der Waals surface area contributed by atoms with Crippen LogP contribution in [-0.2, 0) is 53.7 Å². The van der Waals surface area contributed by atoms with Crippen LogP contribution >= 0.6 is 11.6 Å². The molecule has 0 amide bonds. The van der Waals surface area contributed by atoms with Gasteiger partial charge in [-0.1, -0.05) is 67.4 Å². The molecule has 7 rings (SSSR count). The fourth-order valence-electron chi connectivity index (χ4n) is 7.14. The van der Waals surface area contributed by atoms with Gasteiger partial charge in [-0.25, -0.2) is 19.3 Å². The standard InChI is InChI=1S/C48H47ClN4O13/c1-3-4-20-51-46(42-18-13-38(49)26-45(42)62-30-34-7-5-6-8-41(34)48(55)66-40-16-11-32(12-17-40)29-64-53(58)59)37(27-50-51)23-36(22-35-25-44-33(19-21-61-44)24-43(35)60-2)47(54)65-39-14-9-31(10-15-39)28-63-52(56)57/h5-18,23-27,56-59H,3-4,19-22,28-30H2,1-2H3/b36-23+. The Morgan fingerprint density at radius 1 is 0.818 bits per heavy atom. The van der Waals surface area contributed by atoms with Crippen molar-refractivity contribution in [2.75, 3.05) is 13.7 Å². The molecule has 0 fully saturated rings. The molecule has 0 saturated carbocycles. The predicted molar refractivity (Wildman–Crippen MR) is 236 cm³/mol. The Morgan fingerprint density at radius 3 is 2.17 bits per heavy atom. The van der Waals surface area contributed by atoms with Crippen molar-refractivity contribution in [3.05, 3.63) is 159 Å². The molecule has 0 saturated heterocycles. The number of fused-ring (bicyclic) bond motifs is 1. The van der Waals surface area contributed by atoms with E-state index in [0.717, 1.165) is 24.8 Å². The minimum Gasteiger partial charge on any atom is -0.496 e. The molecule has 1 aliphatic rings. The molecule has 4 N–H and O–H groups in total. The summed E-state index contributed by atoms with van der Waals surface area (Å²) < 4.78 is 31.7. The number of benzene rings is 5. The van der Waals surface area contributed by atoms with Crippen LogP contribution in [0.15, 0.2) is 115 Å². The summed E-state index contributed by atoms with van der Waals surface area (Å²) in [5.74, 6) is 0.916. The van der Waals surface area contributed by atoms with Gasteiger partial charge >= 0.3 is 11.9 Å². The molecule has 0 unspecified atom stereocenters. The monoisotopic (exact) mass is 922 g/mol. The van der Waals surface area contributed by atoms with E-state index in [4.69, 9.17) is 66.1 Å². The fraction of sp³-hybridized carbons (Fsp3) is 0.229. The van der Waals surface area contributed by atoms with Crippen LogP contribution in [-0.4, -0.2) is 67.0 Å². The molecule has 18 heteroatoms. The summed E-state index contributed by atoms with van der Waals surface area (Å²) in [6.45, 7) is 2.84. The maximum atomic E-state index is 14.3. The van der Waals surface area contributed by atoms with E-state index in [0.29, 0.717) is 74.5 Å². The Hall–Kier alpha value is -6.64. The van der Waals surface area contributed by atoms with Crippen LogP contribution in [0.2, 0.25) is 5.02 Å². The van der Waals surface area contributed by atoms with Crippen molar-refractivity contribution in [2.45, 2.75) is 59.0 Å². The molecule has 2 heterocycles. The van der Waals surface area contributed by atoms with Crippen LogP contribution in [0.25, 0.3) is 17.3 Å². The summed E-state index contributed by atoms with van der Waals surface area (Å²) in [6.07, 6.45) is 5.92. The van der Waals surface area contributed by atoms with E-state index in [1.165, 1.54) is 0 Å². The first kappa shape index (κ1) is 47.3. The second kappa shape index (κ2) is 22.5. The second-order valence-corrected chi connectivity index (χ2v) is 15.4. The molecule has 1 aliphatic heterocycles. The molecular formula is C48H47ClN4O13. The van der Waals surface area contributed by atoms with Gasteiger partial charge in [-0.15, -0.1) is 0 Å². The maximum Gasteiger partial charge on any atom is 0.343 e. The molecule has 6 aromatic rings. The molecule has 344 valence electrons. The summed E-state index contributed by atoms with van der Waals surface area (Å²) in [5, 5.41) is 40.0. The second-order valence-electron chi connectivity index (χ2n) is 14.9. The van der Waals surface area contributed by atoms with E-state index >= 15 is 0 Å². The van der Waals surface area contributed by atoms with E-state index in [1.54, 1.807) is 104 Å². The van der Waals surface area contributed by atoms with Crippen LogP contribution in [0.3, 0.4) is 0 Å². The van der Waals surface area contributed by atoms with Gasteiger partial charge in [0.2, 0.25) is 0 Å². The highest BCUT2D eigenvalue weighted by molar-refractivity contribution is 6.30. The summed E-state index contributed by atoms with van der Waals surface area (Å²) >= 11 is 6.61. The van der Waals surface area contributed by atoms with Gasteiger partial charge in [0.15, 0.2) is 0 Å². The Morgan fingerprint density at radius 2 is 1.50 bits per heavy atom. The number of ether oxygens (including phenoxy) is 5. The van der Waals surface area contributed by atoms with E-state index in [1.807, 2.05) is 22.9 Å². The Balaban J connectivity index is 1.21. The fourth-order valence-corrected chi connectivity index (χ4v) is 7.31. The largest absolute Gasteiger partial charge is 0.496 e. The number of esters is 2. The highest BCUT2D eigenvalue weighted by Gasteiger charge is 2.24. The molecule has 5 aromatic carbocycles. The zero-order chi connectivity index (χ0) is 46.6. The molecule has 0 radical (unpaired) electrons. The van der Waals surface area contributed by atoms with Gasteiger partial charge in [0.05, 0.1) is 55.2 Å². The van der Waals surface area contributed by atoms with Crippen molar-refractivity contribution in [1.82, 2.24) is 20.6 Å². The first-order valence-corrected chi connectivity index (χ1v) is 21.2. The third-order valence-electron chi connectivity index (χ3n) is 10.4. The minimum atomic E-state index is -0.646. The SMILES string of the molecule is CCCCn1ncc(/C=C(\Cc2cc3c(cc2OC)CCO3)C(=O)Oc2ccc(CON(O)O)cc2)c1-c1ccc(Cl)cc1OCc1ccccc1C(=O)Oc1ccc(CON(O)O)cc1. The van der Waals surface area contributed by atoms with Crippen molar-refractivity contribution in [2.24, 2.45) is 0 Å². The first-order valence-electron chi connectivity index (χ1n) is 20.8. The van der Waals surface area contributed by atoms with Crippen LogP contribution in [0.4, 0.5) is 0 Å². The van der Waals surface area contributed by atoms with E-state index < -0.39 is 11.9 Å². The van der Waals surface area contributed by atoms with E-state index in [9.17, 15) is 9.59 Å². The van der Waals surface area contributed by atoms with E-state index in [-0.39, 0.29) is 59.7 Å². The molecule has 17 nitrogen and oxygen atoms in total. The van der Waals surface area contributed by atoms with Gasteiger partial charge in [0.25, 0.3) is 0 Å². The number of halogens is 1. The van der Waals surface area contributed by atoms with Crippen molar-refractivity contribution < 1.29 is 63.8 Å². The highest BCUT2D eigenvalue weighted by Crippen LogP contribution is 2.38. The van der Waals surface area contributed by atoms with Gasteiger partial charge in [0.1, 0.15) is 35.4 Å². The van der Waals surface area contributed by atoms with Gasteiger partial charge in [-0.3, -0.25) is 25.5 Å². The number of hydrogen-bond acceptors (Lipinski definition) is 16. The molecule has 0 spiro atoms. The molecule has 0 aliphatic carbocycles. The van der Waals surface area contributed by atoms with Gasteiger partial charge in [-0.2, -0.15) is 5.10 Å². The van der Waals surface area contributed by atoms with Crippen molar-refractivity contribution in [1.29, 1.82) is 0 Å². The lowest BCUT2D eigenvalue weighted by Gasteiger charge is -2.17. The lowest BCUT2D eigenvalue weighted by atomic mass is 9.98. The van der Waals surface area contributed by atoms with E-state index in [2.05, 4.69) is 11.8 Å². The average molecular weight is 923 g/mol. The number of carbonyl (C=O) groups is 2. The smallest absolute Gasteiger partial charge is 0.343 e. The molecule has 0 bridgehead atoms. The van der Waals surface area contributed by atoms with Crippen LogP contribution in [0.5, 0.6) is 28.7 Å². The van der Waals surface area contributed by atoms with Gasteiger partial charge < -0.3 is 23.7 Å². The molecule has 66 heavy (non-hydrogen) atoms. The minimum absolute atomic E-state index is 0.0527. The normalized spacial score (nSPS) is 12.3. The summed E-state index contributed by atoms with van der Waals surface area (Å²) in [7, 11) is 1.57. The number of aromatic nitrogens is 2. The quantitative estimate of drug-likeness (QED) is 0.0230. The van der Waals surface area contributed by atoms with Crippen molar-refractivity contribution >= 4 is 29.6 Å². The third kappa shape index (κ3) is 12.4. The Bertz CT molecular complexity index is 2650. The van der Waals surface area contributed by atoms with Crippen LogP contribution < -0.4 is 23.7 Å². The average Bonchev–Trinajstić information content (AvgIpc) is 3.95. The van der Waals surface area contributed by atoms with Crippen molar-refractivity contribution in [3.63, 3.8) is 0 Å². The molecule has 1 aromatic heterocycles. The predicted octanol–water partition coefficient (Wildman–Crippen LogP) is 9.00. The highest BCUT2D eigenvalue weighted by atomic mass is 35.5. The lowest BCUT2D eigenvalue weighted by molar-refractivity contribution is -0.497. The number of nitrogens with zero attached hydrogens (tertiary/aromatic N) is 4. The number of methoxy groups -OCH3 is 1. The number of rotatable bonds is 21. The molecular weight excluding hydrogens is 876 g/mol. The number of unbranched alkanes of at least 4 members (excludes halogenated alkanes) is 1. The third-order valence-corrected chi connectivity index (χ3v) is 10.7.